The molecular weight excluding hydrogens is 454 g/mol. The molecule has 180 valence electrons. The van der Waals surface area contributed by atoms with Crippen LogP contribution < -0.4 is 14.4 Å². The molecule has 1 amide bonds. The van der Waals surface area contributed by atoms with Gasteiger partial charge in [0.05, 0.1) is 32.5 Å². The molecule has 9 heteroatoms. The fourth-order valence-electron chi connectivity index (χ4n) is 4.70. The second-order valence-corrected chi connectivity index (χ2v) is 8.12. The maximum atomic E-state index is 13.3. The molecule has 0 radical (unpaired) electrons. The summed E-state index contributed by atoms with van der Waals surface area (Å²) in [4.78, 5) is 39.9. The normalized spacial score (nSPS) is 24.6. The van der Waals surface area contributed by atoms with Crippen molar-refractivity contribution in [2.24, 2.45) is 0 Å². The van der Waals surface area contributed by atoms with Gasteiger partial charge in [0, 0.05) is 5.69 Å². The van der Waals surface area contributed by atoms with E-state index in [1.807, 2.05) is 18.2 Å². The lowest BCUT2D eigenvalue weighted by Crippen LogP contribution is -2.69. The van der Waals surface area contributed by atoms with E-state index in [1.165, 1.54) is 14.2 Å². The summed E-state index contributed by atoms with van der Waals surface area (Å²) >= 11 is 0. The second kappa shape index (κ2) is 8.92. The molecule has 4 atom stereocenters. The topological polar surface area (TPSA) is 101 Å². The largest absolute Gasteiger partial charge is 0.497 e. The van der Waals surface area contributed by atoms with Gasteiger partial charge in [-0.05, 0) is 48.0 Å². The Bertz CT molecular complexity index is 1230. The number of amides is 1. The molecule has 0 spiro atoms. The van der Waals surface area contributed by atoms with Crippen molar-refractivity contribution >= 4 is 23.5 Å². The highest BCUT2D eigenvalue weighted by Gasteiger charge is 2.58. The minimum atomic E-state index is -0.873. The predicted molar refractivity (Wildman–Crippen MR) is 123 cm³/mol. The van der Waals surface area contributed by atoms with Crippen molar-refractivity contribution in [2.45, 2.75) is 24.4 Å². The first-order chi connectivity index (χ1) is 17.0. The minimum absolute atomic E-state index is 0.0781. The maximum Gasteiger partial charge on any atom is 0.337 e. The Kier molecular flexibility index (Phi) is 5.78. The Morgan fingerprint density at radius 3 is 2.14 bits per heavy atom. The summed E-state index contributed by atoms with van der Waals surface area (Å²) in [6.45, 7) is 0. The number of carbonyl (C=O) groups excluding carboxylic acids is 3. The lowest BCUT2D eigenvalue weighted by Gasteiger charge is -2.48. The van der Waals surface area contributed by atoms with E-state index in [9.17, 15) is 14.4 Å². The number of nitrogens with zero attached hydrogens (tertiary/aromatic N) is 1. The first-order valence-electron chi connectivity index (χ1n) is 10.9. The number of β-lactam (4-membered cyclic amide) rings is 1. The van der Waals surface area contributed by atoms with Crippen molar-refractivity contribution < 1.29 is 38.1 Å². The van der Waals surface area contributed by atoms with Gasteiger partial charge in [-0.15, -0.1) is 0 Å². The molecule has 1 fully saturated rings. The Hall–Kier alpha value is -4.11. The smallest absolute Gasteiger partial charge is 0.337 e. The first-order valence-corrected chi connectivity index (χ1v) is 10.9. The summed E-state index contributed by atoms with van der Waals surface area (Å²) in [7, 11) is 4.03. The molecule has 3 heterocycles. The predicted octanol–water partition coefficient (Wildman–Crippen LogP) is 2.21. The van der Waals surface area contributed by atoms with Gasteiger partial charge in [0.15, 0.2) is 0 Å². The average molecular weight is 477 g/mol. The number of benzene rings is 2. The monoisotopic (exact) mass is 477 g/mol. The first kappa shape index (κ1) is 22.7. The van der Waals surface area contributed by atoms with Crippen molar-refractivity contribution in [3.05, 3.63) is 77.4 Å². The highest BCUT2D eigenvalue weighted by molar-refractivity contribution is 6.08. The standard InChI is InChI=1S/C26H23NO8/c1-31-15-11-9-14(10-12-15)27-21(23(24(27)28)34-16-7-5-4-6-8-16)17-13-18-19(25(29)32-2)20(22(17)35-18)26(30)33-3/h4-13,18,21-23H,1-3H3/t18-,21-,22+,23+/m1/s1. The molecule has 9 nitrogen and oxygen atoms in total. The van der Waals surface area contributed by atoms with Gasteiger partial charge >= 0.3 is 11.9 Å². The third-order valence-electron chi connectivity index (χ3n) is 6.32. The summed E-state index contributed by atoms with van der Waals surface area (Å²) in [6.07, 6.45) is -0.767. The highest BCUT2D eigenvalue weighted by Crippen LogP contribution is 2.46. The lowest BCUT2D eigenvalue weighted by molar-refractivity contribution is -0.139. The molecule has 0 unspecified atom stereocenters. The van der Waals surface area contributed by atoms with Gasteiger partial charge in [0.2, 0.25) is 6.10 Å². The zero-order valence-electron chi connectivity index (χ0n) is 19.3. The number of hydrogen-bond donors (Lipinski definition) is 0. The Morgan fingerprint density at radius 2 is 1.51 bits per heavy atom. The Labute approximate surface area is 201 Å². The molecule has 3 aliphatic rings. The van der Waals surface area contributed by atoms with Crippen LogP contribution in [0.1, 0.15) is 0 Å². The molecule has 0 aromatic heterocycles. The molecule has 2 bridgehead atoms. The quantitative estimate of drug-likeness (QED) is 0.340. The van der Waals surface area contributed by atoms with Gasteiger partial charge in [0.1, 0.15) is 29.7 Å². The summed E-state index contributed by atoms with van der Waals surface area (Å²) < 4.78 is 27.1. The summed E-state index contributed by atoms with van der Waals surface area (Å²) in [5, 5.41) is 0. The molecule has 1 saturated heterocycles. The molecule has 3 aliphatic heterocycles. The summed E-state index contributed by atoms with van der Waals surface area (Å²) in [6, 6.07) is 15.5. The van der Waals surface area contributed by atoms with Crippen LogP contribution in [-0.4, -0.2) is 63.5 Å². The number of fused-ring (bicyclic) bond motifs is 2. The van der Waals surface area contributed by atoms with Crippen LogP contribution in [0.5, 0.6) is 11.5 Å². The van der Waals surface area contributed by atoms with Gasteiger partial charge in [0.25, 0.3) is 5.91 Å². The van der Waals surface area contributed by atoms with E-state index in [2.05, 4.69) is 0 Å². The van der Waals surface area contributed by atoms with E-state index < -0.39 is 36.3 Å². The van der Waals surface area contributed by atoms with Gasteiger partial charge in [-0.2, -0.15) is 0 Å². The zero-order chi connectivity index (χ0) is 24.7. The summed E-state index contributed by atoms with van der Waals surface area (Å²) in [5.41, 5.74) is 1.46. The van der Waals surface area contributed by atoms with Crippen molar-refractivity contribution in [1.82, 2.24) is 0 Å². The van der Waals surface area contributed by atoms with E-state index >= 15 is 0 Å². The van der Waals surface area contributed by atoms with Gasteiger partial charge in [-0.1, -0.05) is 18.2 Å². The Morgan fingerprint density at radius 1 is 0.857 bits per heavy atom. The molecule has 0 N–H and O–H groups in total. The molecule has 5 rings (SSSR count). The fraction of sp³-hybridized carbons (Fsp3) is 0.269. The molecule has 2 aromatic rings. The van der Waals surface area contributed by atoms with Gasteiger partial charge in [-0.3, -0.25) is 9.69 Å². The third kappa shape index (κ3) is 3.64. The fourth-order valence-corrected chi connectivity index (χ4v) is 4.70. The second-order valence-electron chi connectivity index (χ2n) is 8.12. The zero-order valence-corrected chi connectivity index (χ0v) is 19.3. The van der Waals surface area contributed by atoms with Crippen LogP contribution >= 0.6 is 0 Å². The number of rotatable bonds is 7. The van der Waals surface area contributed by atoms with E-state index in [4.69, 9.17) is 23.7 Å². The molecule has 35 heavy (non-hydrogen) atoms. The molecule has 0 saturated carbocycles. The van der Waals surface area contributed by atoms with Gasteiger partial charge in [-0.25, -0.2) is 9.59 Å². The average Bonchev–Trinajstić information content (AvgIpc) is 3.48. The SMILES string of the molecule is COC(=O)C1=C(C(=O)OC)[C@H]2C=C([C@@H]3[C@H](Oc4ccccc4)C(=O)N3c3ccc(OC)cc3)[C@@H]1O2. The van der Waals surface area contributed by atoms with E-state index in [0.29, 0.717) is 22.8 Å². The third-order valence-corrected chi connectivity index (χ3v) is 6.32. The molecular formula is C26H23NO8. The number of ether oxygens (including phenoxy) is 5. The minimum Gasteiger partial charge on any atom is -0.497 e. The van der Waals surface area contributed by atoms with E-state index in [0.717, 1.165) is 0 Å². The summed E-state index contributed by atoms with van der Waals surface area (Å²) in [5.74, 6) is -0.414. The maximum absolute atomic E-state index is 13.3. The number of anilines is 1. The van der Waals surface area contributed by atoms with Crippen LogP contribution in [0.25, 0.3) is 0 Å². The van der Waals surface area contributed by atoms with Crippen molar-refractivity contribution in [3.8, 4) is 11.5 Å². The van der Waals surface area contributed by atoms with Crippen LogP contribution in [0.2, 0.25) is 0 Å². The van der Waals surface area contributed by atoms with Crippen LogP contribution in [0.3, 0.4) is 0 Å². The van der Waals surface area contributed by atoms with Crippen LogP contribution in [0, 0.1) is 0 Å². The lowest BCUT2D eigenvalue weighted by atomic mass is 9.81. The van der Waals surface area contributed by atoms with Crippen molar-refractivity contribution in [3.63, 3.8) is 0 Å². The van der Waals surface area contributed by atoms with Crippen molar-refractivity contribution in [2.75, 3.05) is 26.2 Å². The number of hydrogen-bond acceptors (Lipinski definition) is 8. The number of para-hydroxylation sites is 1. The van der Waals surface area contributed by atoms with Crippen molar-refractivity contribution in [1.29, 1.82) is 0 Å². The number of esters is 2. The van der Waals surface area contributed by atoms with E-state index in [-0.39, 0.29) is 17.1 Å². The Balaban J connectivity index is 1.53. The highest BCUT2D eigenvalue weighted by atomic mass is 16.5. The number of carbonyl (C=O) groups is 3. The van der Waals surface area contributed by atoms with Gasteiger partial charge < -0.3 is 23.7 Å². The molecule has 2 aromatic carbocycles. The van der Waals surface area contributed by atoms with E-state index in [1.54, 1.807) is 54.5 Å². The van der Waals surface area contributed by atoms with Crippen LogP contribution in [0.4, 0.5) is 5.69 Å². The number of methoxy groups -OCH3 is 3. The van der Waals surface area contributed by atoms with Crippen LogP contribution in [0.15, 0.2) is 77.4 Å². The molecule has 0 aliphatic carbocycles. The van der Waals surface area contributed by atoms with Crippen LogP contribution in [-0.2, 0) is 28.6 Å².